The first-order valence-electron chi connectivity index (χ1n) is 5.79. The van der Waals surface area contributed by atoms with Crippen molar-refractivity contribution in [3.8, 4) is 0 Å². The van der Waals surface area contributed by atoms with E-state index in [0.717, 1.165) is 18.4 Å². The number of aryl methyl sites for hydroxylation is 1. The average Bonchev–Trinajstić information content (AvgIpc) is 2.39. The maximum Gasteiger partial charge on any atom is 0.320 e. The van der Waals surface area contributed by atoms with Gasteiger partial charge in [0.2, 0.25) is 6.29 Å². The number of carbonyl (C=O) groups is 1. The lowest BCUT2D eigenvalue weighted by Gasteiger charge is -2.27. The number of fused-ring (bicyclic) bond motifs is 1. The SMILES string of the molecule is COC(OC)c1ccc2c(n1)N(C(N)=O)CCC2. The molecule has 2 N–H and O–H groups in total. The Kier molecular flexibility index (Phi) is 3.78. The quantitative estimate of drug-likeness (QED) is 0.819. The highest BCUT2D eigenvalue weighted by atomic mass is 16.7. The summed E-state index contributed by atoms with van der Waals surface area (Å²) in [7, 11) is 3.09. The summed E-state index contributed by atoms with van der Waals surface area (Å²) in [5.74, 6) is 0.616. The molecular weight excluding hydrogens is 234 g/mol. The largest absolute Gasteiger partial charge is 0.351 e. The first-order valence-corrected chi connectivity index (χ1v) is 5.79. The van der Waals surface area contributed by atoms with Crippen LogP contribution in [0.3, 0.4) is 0 Å². The van der Waals surface area contributed by atoms with E-state index >= 15 is 0 Å². The molecule has 2 amide bonds. The Morgan fingerprint density at radius 2 is 2.17 bits per heavy atom. The minimum Gasteiger partial charge on any atom is -0.351 e. The second kappa shape index (κ2) is 5.32. The van der Waals surface area contributed by atoms with Crippen LogP contribution in [0.2, 0.25) is 0 Å². The van der Waals surface area contributed by atoms with Crippen molar-refractivity contribution >= 4 is 11.8 Å². The molecule has 0 aliphatic carbocycles. The van der Waals surface area contributed by atoms with Crippen LogP contribution in [-0.4, -0.2) is 31.8 Å². The summed E-state index contributed by atoms with van der Waals surface area (Å²) in [6.45, 7) is 0.601. The number of anilines is 1. The van der Waals surface area contributed by atoms with Crippen LogP contribution in [0.1, 0.15) is 24.0 Å². The van der Waals surface area contributed by atoms with Crippen molar-refractivity contribution in [1.29, 1.82) is 0 Å². The molecule has 0 atom stereocenters. The summed E-state index contributed by atoms with van der Waals surface area (Å²) < 4.78 is 10.3. The van der Waals surface area contributed by atoms with E-state index in [2.05, 4.69) is 4.98 Å². The smallest absolute Gasteiger partial charge is 0.320 e. The number of pyridine rings is 1. The molecule has 0 fully saturated rings. The molecule has 1 aromatic rings. The maximum absolute atomic E-state index is 11.4. The van der Waals surface area contributed by atoms with Gasteiger partial charge in [-0.15, -0.1) is 0 Å². The number of rotatable bonds is 3. The summed E-state index contributed by atoms with van der Waals surface area (Å²) in [5, 5.41) is 0. The first kappa shape index (κ1) is 12.8. The van der Waals surface area contributed by atoms with Gasteiger partial charge in [-0.05, 0) is 24.5 Å². The van der Waals surface area contributed by atoms with Crippen LogP contribution < -0.4 is 10.6 Å². The standard InChI is InChI=1S/C12H17N3O3/c1-17-11(18-2)9-6-5-8-4-3-7-15(12(13)16)10(8)14-9/h5-6,11H,3-4,7H2,1-2H3,(H2,13,16). The fourth-order valence-corrected chi connectivity index (χ4v) is 2.14. The average molecular weight is 251 g/mol. The third-order valence-electron chi connectivity index (χ3n) is 3.00. The molecule has 0 radical (unpaired) electrons. The van der Waals surface area contributed by atoms with Crippen molar-refractivity contribution in [2.75, 3.05) is 25.7 Å². The molecule has 6 nitrogen and oxygen atoms in total. The Bertz CT molecular complexity index is 446. The number of ether oxygens (including phenoxy) is 2. The van der Waals surface area contributed by atoms with Gasteiger partial charge in [0.05, 0.1) is 5.69 Å². The van der Waals surface area contributed by atoms with Crippen molar-refractivity contribution in [2.45, 2.75) is 19.1 Å². The number of hydrogen-bond donors (Lipinski definition) is 1. The zero-order valence-electron chi connectivity index (χ0n) is 10.5. The zero-order valence-corrected chi connectivity index (χ0v) is 10.5. The monoisotopic (exact) mass is 251 g/mol. The van der Waals surface area contributed by atoms with Crippen LogP contribution in [-0.2, 0) is 15.9 Å². The number of nitrogens with zero attached hydrogens (tertiary/aromatic N) is 2. The van der Waals surface area contributed by atoms with Gasteiger partial charge in [-0.1, -0.05) is 6.07 Å². The van der Waals surface area contributed by atoms with Gasteiger partial charge in [0.25, 0.3) is 0 Å². The number of carbonyl (C=O) groups excluding carboxylic acids is 1. The minimum atomic E-state index is -0.535. The number of nitrogens with two attached hydrogens (primary N) is 1. The fourth-order valence-electron chi connectivity index (χ4n) is 2.14. The summed E-state index contributed by atoms with van der Waals surface area (Å²) in [6, 6.07) is 3.31. The van der Waals surface area contributed by atoms with E-state index in [1.165, 1.54) is 4.90 Å². The second-order valence-corrected chi connectivity index (χ2v) is 4.12. The number of amides is 2. The van der Waals surface area contributed by atoms with Gasteiger partial charge in [0, 0.05) is 20.8 Å². The van der Waals surface area contributed by atoms with E-state index in [-0.39, 0.29) is 0 Å². The highest BCUT2D eigenvalue weighted by Crippen LogP contribution is 2.27. The predicted octanol–water partition coefficient (Wildman–Crippen LogP) is 1.20. The summed E-state index contributed by atoms with van der Waals surface area (Å²) in [6.07, 6.45) is 1.26. The molecule has 0 spiro atoms. The Balaban J connectivity index is 2.39. The predicted molar refractivity (Wildman–Crippen MR) is 66.2 cm³/mol. The Morgan fingerprint density at radius 1 is 1.44 bits per heavy atom. The van der Waals surface area contributed by atoms with E-state index in [4.69, 9.17) is 15.2 Å². The Hall–Kier alpha value is -1.66. The molecule has 2 heterocycles. The third kappa shape index (κ3) is 2.30. The van der Waals surface area contributed by atoms with Crippen molar-refractivity contribution < 1.29 is 14.3 Å². The zero-order chi connectivity index (χ0) is 13.1. The fraction of sp³-hybridized carbons (Fsp3) is 0.500. The summed E-state index contributed by atoms with van der Waals surface area (Å²) in [5.41, 5.74) is 7.01. The van der Waals surface area contributed by atoms with Crippen molar-refractivity contribution in [3.05, 3.63) is 23.4 Å². The Morgan fingerprint density at radius 3 is 2.78 bits per heavy atom. The van der Waals surface area contributed by atoms with Crippen LogP contribution in [0.5, 0.6) is 0 Å². The molecule has 2 rings (SSSR count). The van der Waals surface area contributed by atoms with Crippen LogP contribution in [0, 0.1) is 0 Å². The van der Waals surface area contributed by atoms with E-state index in [0.29, 0.717) is 18.1 Å². The summed E-state index contributed by atoms with van der Waals surface area (Å²) in [4.78, 5) is 17.3. The molecule has 0 bridgehead atoms. The van der Waals surface area contributed by atoms with Gasteiger partial charge in [-0.2, -0.15) is 0 Å². The van der Waals surface area contributed by atoms with Crippen LogP contribution >= 0.6 is 0 Å². The molecule has 1 aromatic heterocycles. The molecule has 18 heavy (non-hydrogen) atoms. The minimum absolute atomic E-state index is 0.480. The van der Waals surface area contributed by atoms with Crippen LogP contribution in [0.25, 0.3) is 0 Å². The molecular formula is C12H17N3O3. The van der Waals surface area contributed by atoms with Gasteiger partial charge >= 0.3 is 6.03 Å². The van der Waals surface area contributed by atoms with E-state index < -0.39 is 12.3 Å². The first-order chi connectivity index (χ1) is 8.67. The molecule has 0 unspecified atom stereocenters. The van der Waals surface area contributed by atoms with Gasteiger partial charge in [-0.25, -0.2) is 9.78 Å². The number of methoxy groups -OCH3 is 2. The number of urea groups is 1. The van der Waals surface area contributed by atoms with E-state index in [9.17, 15) is 4.79 Å². The lowest BCUT2D eigenvalue weighted by molar-refractivity contribution is -0.108. The van der Waals surface area contributed by atoms with Crippen molar-refractivity contribution in [3.63, 3.8) is 0 Å². The lowest BCUT2D eigenvalue weighted by Crippen LogP contribution is -2.40. The lowest BCUT2D eigenvalue weighted by atomic mass is 10.1. The topological polar surface area (TPSA) is 77.7 Å². The van der Waals surface area contributed by atoms with Gasteiger partial charge in [-0.3, -0.25) is 4.90 Å². The highest BCUT2D eigenvalue weighted by molar-refractivity contribution is 5.90. The molecule has 98 valence electrons. The number of primary amides is 1. The third-order valence-corrected chi connectivity index (χ3v) is 3.00. The van der Waals surface area contributed by atoms with Crippen LogP contribution in [0.4, 0.5) is 10.6 Å². The van der Waals surface area contributed by atoms with Crippen LogP contribution in [0.15, 0.2) is 12.1 Å². The molecule has 1 aliphatic rings. The maximum atomic E-state index is 11.4. The normalized spacial score (nSPS) is 14.7. The van der Waals surface area contributed by atoms with Gasteiger partial charge in [0.15, 0.2) is 0 Å². The molecule has 1 aliphatic heterocycles. The molecule has 0 saturated heterocycles. The molecule has 0 aromatic carbocycles. The van der Waals surface area contributed by atoms with Crippen molar-refractivity contribution in [1.82, 2.24) is 4.98 Å². The summed E-state index contributed by atoms with van der Waals surface area (Å²) >= 11 is 0. The molecule has 6 heteroatoms. The second-order valence-electron chi connectivity index (χ2n) is 4.12. The van der Waals surface area contributed by atoms with E-state index in [1.54, 1.807) is 14.2 Å². The number of aromatic nitrogens is 1. The highest BCUT2D eigenvalue weighted by Gasteiger charge is 2.24. The van der Waals surface area contributed by atoms with E-state index in [1.807, 2.05) is 12.1 Å². The number of hydrogen-bond acceptors (Lipinski definition) is 4. The van der Waals surface area contributed by atoms with Gasteiger partial charge < -0.3 is 15.2 Å². The van der Waals surface area contributed by atoms with Gasteiger partial charge in [0.1, 0.15) is 5.82 Å². The molecule has 0 saturated carbocycles. The Labute approximate surface area is 106 Å². The van der Waals surface area contributed by atoms with Crippen molar-refractivity contribution in [2.24, 2.45) is 5.73 Å².